The van der Waals surface area contributed by atoms with Gasteiger partial charge in [0.1, 0.15) is 0 Å². The number of hydrogen-bond donors (Lipinski definition) is 1. The molecule has 5 heteroatoms. The number of likely N-dealkylation sites (tertiary alicyclic amines) is 1. The maximum absolute atomic E-state index is 12.4. The highest BCUT2D eigenvalue weighted by atomic mass is 127. The fourth-order valence-corrected chi connectivity index (χ4v) is 3.08. The summed E-state index contributed by atoms with van der Waals surface area (Å²) in [6, 6.07) is 7.39. The van der Waals surface area contributed by atoms with Crippen LogP contribution < -0.4 is 0 Å². The quantitative estimate of drug-likeness (QED) is 0.829. The number of carboxylic acid groups (broad SMARTS) is 1. The normalized spacial score (nSPS) is 22.5. The smallest absolute Gasteiger partial charge is 0.311 e. The van der Waals surface area contributed by atoms with E-state index in [1.54, 1.807) is 11.0 Å². The van der Waals surface area contributed by atoms with Crippen LogP contribution in [-0.4, -0.2) is 35.0 Å². The Hall–Kier alpha value is -1.11. The van der Waals surface area contributed by atoms with Crippen LogP contribution in [0.1, 0.15) is 30.1 Å². The average Bonchev–Trinajstić information content (AvgIpc) is 2.84. The molecule has 0 saturated carbocycles. The molecule has 1 atom stereocenters. The van der Waals surface area contributed by atoms with Crippen LogP contribution in [0.3, 0.4) is 0 Å². The molecular formula is C14H16INO3. The van der Waals surface area contributed by atoms with E-state index in [0.717, 1.165) is 3.57 Å². The van der Waals surface area contributed by atoms with Crippen LogP contribution in [0.4, 0.5) is 0 Å². The van der Waals surface area contributed by atoms with Crippen LogP contribution in [-0.2, 0) is 4.79 Å². The number of halogens is 1. The third-order valence-corrected chi connectivity index (χ3v) is 4.82. The third kappa shape index (κ3) is 2.61. The summed E-state index contributed by atoms with van der Waals surface area (Å²) in [5.74, 6) is -0.866. The fraction of sp³-hybridized carbons (Fsp3) is 0.429. The highest BCUT2D eigenvalue weighted by Gasteiger charge is 2.44. The van der Waals surface area contributed by atoms with E-state index in [1.165, 1.54) is 0 Å². The van der Waals surface area contributed by atoms with Gasteiger partial charge in [0, 0.05) is 16.7 Å². The molecule has 1 aliphatic heterocycles. The van der Waals surface area contributed by atoms with E-state index < -0.39 is 11.4 Å². The van der Waals surface area contributed by atoms with Crippen molar-refractivity contribution in [3.8, 4) is 0 Å². The summed E-state index contributed by atoms with van der Waals surface area (Å²) in [5.41, 5.74) is -0.115. The minimum Gasteiger partial charge on any atom is -0.481 e. The molecule has 1 aromatic rings. The molecule has 1 amide bonds. The predicted octanol–water partition coefficient (Wildman–Crippen LogP) is 2.62. The van der Waals surface area contributed by atoms with Crippen molar-refractivity contribution in [3.05, 3.63) is 33.4 Å². The topological polar surface area (TPSA) is 57.6 Å². The second-order valence-electron chi connectivity index (χ2n) is 4.90. The Bertz CT molecular complexity index is 517. The second kappa shape index (κ2) is 5.48. The maximum Gasteiger partial charge on any atom is 0.311 e. The summed E-state index contributed by atoms with van der Waals surface area (Å²) in [4.78, 5) is 25.5. The van der Waals surface area contributed by atoms with Crippen molar-refractivity contribution in [1.82, 2.24) is 4.90 Å². The van der Waals surface area contributed by atoms with Gasteiger partial charge >= 0.3 is 5.97 Å². The molecule has 1 fully saturated rings. The van der Waals surface area contributed by atoms with Crippen LogP contribution in [0.2, 0.25) is 0 Å². The lowest BCUT2D eigenvalue weighted by molar-refractivity contribution is -0.148. The minimum atomic E-state index is -0.798. The van der Waals surface area contributed by atoms with Gasteiger partial charge in [0.15, 0.2) is 0 Å². The molecule has 2 rings (SSSR count). The van der Waals surface area contributed by atoms with Gasteiger partial charge in [-0.25, -0.2) is 0 Å². The summed E-state index contributed by atoms with van der Waals surface area (Å²) in [6.07, 6.45) is 1.09. The molecule has 0 bridgehead atoms. The van der Waals surface area contributed by atoms with Gasteiger partial charge in [-0.15, -0.1) is 0 Å². The molecule has 0 aromatic heterocycles. The zero-order valence-electron chi connectivity index (χ0n) is 10.7. The number of aliphatic carboxylic acids is 1. The van der Waals surface area contributed by atoms with Gasteiger partial charge in [-0.3, -0.25) is 9.59 Å². The molecule has 1 aromatic carbocycles. The van der Waals surface area contributed by atoms with Gasteiger partial charge in [-0.1, -0.05) is 19.1 Å². The van der Waals surface area contributed by atoms with Crippen LogP contribution in [0.5, 0.6) is 0 Å². The minimum absolute atomic E-state index is 0.0680. The van der Waals surface area contributed by atoms with Crippen molar-refractivity contribution < 1.29 is 14.7 Å². The van der Waals surface area contributed by atoms with Crippen molar-refractivity contribution in [1.29, 1.82) is 0 Å². The summed E-state index contributed by atoms with van der Waals surface area (Å²) in [7, 11) is 0. The van der Waals surface area contributed by atoms with Gasteiger partial charge in [-0.2, -0.15) is 0 Å². The molecule has 1 unspecified atom stereocenters. The first-order chi connectivity index (χ1) is 9.00. The van der Waals surface area contributed by atoms with Crippen molar-refractivity contribution in [2.24, 2.45) is 5.41 Å². The predicted molar refractivity (Wildman–Crippen MR) is 80.0 cm³/mol. The first-order valence-corrected chi connectivity index (χ1v) is 7.35. The largest absolute Gasteiger partial charge is 0.481 e. The lowest BCUT2D eigenvalue weighted by atomic mass is 9.84. The molecule has 19 heavy (non-hydrogen) atoms. The van der Waals surface area contributed by atoms with Gasteiger partial charge in [-0.05, 0) is 47.6 Å². The number of hydrogen-bond acceptors (Lipinski definition) is 2. The summed E-state index contributed by atoms with van der Waals surface area (Å²) in [6.45, 7) is 2.70. The fourth-order valence-electron chi connectivity index (χ4n) is 2.47. The molecule has 1 saturated heterocycles. The molecule has 102 valence electrons. The highest BCUT2D eigenvalue weighted by Crippen LogP contribution is 2.35. The first-order valence-electron chi connectivity index (χ1n) is 6.27. The number of benzene rings is 1. The summed E-state index contributed by atoms with van der Waals surface area (Å²) >= 11 is 2.13. The highest BCUT2D eigenvalue weighted by molar-refractivity contribution is 14.1. The van der Waals surface area contributed by atoms with Gasteiger partial charge in [0.25, 0.3) is 5.91 Å². The van der Waals surface area contributed by atoms with Crippen LogP contribution in [0, 0.1) is 8.99 Å². The number of carboxylic acids is 1. The van der Waals surface area contributed by atoms with Gasteiger partial charge < -0.3 is 10.0 Å². The van der Waals surface area contributed by atoms with Crippen LogP contribution in [0.25, 0.3) is 0 Å². The van der Waals surface area contributed by atoms with Gasteiger partial charge in [0.2, 0.25) is 0 Å². The summed E-state index contributed by atoms with van der Waals surface area (Å²) < 4.78 is 0.898. The number of carbonyl (C=O) groups is 2. The Labute approximate surface area is 125 Å². The molecule has 0 spiro atoms. The Morgan fingerprint density at radius 1 is 1.42 bits per heavy atom. The van der Waals surface area contributed by atoms with Crippen molar-refractivity contribution in [2.75, 3.05) is 13.1 Å². The van der Waals surface area contributed by atoms with E-state index >= 15 is 0 Å². The molecule has 0 radical (unpaired) electrons. The van der Waals surface area contributed by atoms with E-state index in [9.17, 15) is 14.7 Å². The number of carbonyl (C=O) groups excluding carboxylic acids is 1. The zero-order chi connectivity index (χ0) is 14.0. The Morgan fingerprint density at radius 2 is 2.11 bits per heavy atom. The summed E-state index contributed by atoms with van der Waals surface area (Å²) in [5, 5.41) is 9.35. The first kappa shape index (κ1) is 14.3. The lowest BCUT2D eigenvalue weighted by Gasteiger charge is -2.23. The zero-order valence-corrected chi connectivity index (χ0v) is 12.9. The molecule has 1 heterocycles. The molecule has 4 nitrogen and oxygen atoms in total. The Morgan fingerprint density at radius 3 is 2.63 bits per heavy atom. The van der Waals surface area contributed by atoms with E-state index in [4.69, 9.17) is 0 Å². The van der Waals surface area contributed by atoms with Crippen molar-refractivity contribution >= 4 is 34.5 Å². The average molecular weight is 373 g/mol. The molecule has 0 aliphatic carbocycles. The number of rotatable bonds is 3. The number of nitrogens with zero attached hydrogens (tertiary/aromatic N) is 1. The van der Waals surface area contributed by atoms with Crippen molar-refractivity contribution in [2.45, 2.75) is 19.8 Å². The van der Waals surface area contributed by atoms with E-state index in [0.29, 0.717) is 31.5 Å². The Kier molecular flexibility index (Phi) is 4.13. The van der Waals surface area contributed by atoms with E-state index in [2.05, 4.69) is 22.6 Å². The molecular weight excluding hydrogens is 357 g/mol. The molecule has 1 N–H and O–H groups in total. The van der Waals surface area contributed by atoms with Crippen molar-refractivity contribution in [3.63, 3.8) is 0 Å². The Balaban J connectivity index is 2.20. The van der Waals surface area contributed by atoms with Crippen LogP contribution in [0.15, 0.2) is 24.3 Å². The number of amides is 1. The molecule has 1 aliphatic rings. The second-order valence-corrected chi connectivity index (χ2v) is 6.06. The SMILES string of the molecule is CCC1(C(=O)O)CCN(C(=O)c2ccccc2I)C1. The van der Waals surface area contributed by atoms with Gasteiger partial charge in [0.05, 0.1) is 11.0 Å². The lowest BCUT2D eigenvalue weighted by Crippen LogP contribution is -2.36. The van der Waals surface area contributed by atoms with E-state index in [-0.39, 0.29) is 5.91 Å². The third-order valence-electron chi connectivity index (χ3n) is 3.88. The standard InChI is InChI=1S/C14H16INO3/c1-2-14(13(18)19)7-8-16(9-14)12(17)10-5-3-4-6-11(10)15/h3-6H,2,7-9H2,1H3,(H,18,19). The van der Waals surface area contributed by atoms with Crippen LogP contribution >= 0.6 is 22.6 Å². The maximum atomic E-state index is 12.4. The monoisotopic (exact) mass is 373 g/mol. The van der Waals surface area contributed by atoms with E-state index in [1.807, 2.05) is 25.1 Å².